The van der Waals surface area contributed by atoms with Gasteiger partial charge in [-0.3, -0.25) is 24.0 Å². The lowest BCUT2D eigenvalue weighted by atomic mass is 9.87. The number of unbranched alkanes of at least 4 members (excludes halogenated alkanes) is 1. The number of hydrogen-bond donors (Lipinski definition) is 16. The highest BCUT2D eigenvalue weighted by Crippen LogP contribution is 2.53. The number of nitrogens with zero attached hydrogens (tertiary/aromatic N) is 7. The summed E-state index contributed by atoms with van der Waals surface area (Å²) in [5, 5.41) is 75.0. The number of nitrogens with two attached hydrogens (primary N) is 3. The number of alkyl carbamates (subject to hydrolysis) is 2. The number of fused-ring (bicyclic) bond motifs is 3. The number of carbonyl (C=O) groups is 11. The van der Waals surface area contributed by atoms with E-state index in [0.29, 0.717) is 74.1 Å². The van der Waals surface area contributed by atoms with Gasteiger partial charge in [0, 0.05) is 61.3 Å². The van der Waals surface area contributed by atoms with Crippen LogP contribution in [-0.2, 0) is 85.0 Å². The number of carboxylic acid groups (broad SMARTS) is 2. The molecule has 5 aromatic rings. The number of hydrogen-bond acceptors (Lipinski definition) is 26. The Kier molecular flexibility index (Phi) is 37.0. The van der Waals surface area contributed by atoms with E-state index < -0.39 is 132 Å². The highest BCUT2D eigenvalue weighted by molar-refractivity contribution is 5.99. The van der Waals surface area contributed by atoms with E-state index in [1.54, 1.807) is 61.0 Å². The van der Waals surface area contributed by atoms with Crippen molar-refractivity contribution < 1.29 is 92.1 Å². The van der Waals surface area contributed by atoms with Crippen LogP contribution in [0.25, 0.3) is 11.2 Å². The molecule has 680 valence electrons. The number of esters is 1. The van der Waals surface area contributed by atoms with Crippen molar-refractivity contribution in [3.05, 3.63) is 155 Å². The maximum Gasteiger partial charge on any atom is 0.408 e. The van der Waals surface area contributed by atoms with Crippen molar-refractivity contribution in [2.75, 3.05) is 36.1 Å². The fourth-order valence-electron chi connectivity index (χ4n) is 15.5. The topological polar surface area (TPSA) is 574 Å². The Labute approximate surface area is 730 Å². The van der Waals surface area contributed by atoms with Crippen LogP contribution in [0.2, 0.25) is 0 Å². The maximum absolute atomic E-state index is 14.2. The monoisotopic (exact) mass is 1750 g/mol. The van der Waals surface area contributed by atoms with Crippen LogP contribution in [0.15, 0.2) is 127 Å². The average Bonchev–Trinajstić information content (AvgIpc) is 1.61. The molecule has 38 nitrogen and oxygen atoms in total. The fourth-order valence-corrected chi connectivity index (χ4v) is 15.5. The lowest BCUT2D eigenvalue weighted by Crippen LogP contribution is -2.54. The number of rotatable bonds is 45. The van der Waals surface area contributed by atoms with Crippen LogP contribution < -0.4 is 65.1 Å². The number of urea groups is 1. The minimum absolute atomic E-state index is 0.000250. The summed E-state index contributed by atoms with van der Waals surface area (Å²) in [6.07, 6.45) is 21.2. The van der Waals surface area contributed by atoms with Gasteiger partial charge in [-0.1, -0.05) is 105 Å². The van der Waals surface area contributed by atoms with Crippen LogP contribution in [0.4, 0.5) is 31.7 Å². The molecule has 2 aliphatic heterocycles. The number of ether oxygens (including phenoxy) is 4. The second-order valence-corrected chi connectivity index (χ2v) is 32.7. The molecule has 2 aromatic carbocycles. The van der Waals surface area contributed by atoms with Crippen LogP contribution in [0.1, 0.15) is 171 Å². The van der Waals surface area contributed by atoms with Crippen molar-refractivity contribution in [2.45, 2.75) is 232 Å². The Bertz CT molecular complexity index is 4800. The highest BCUT2D eigenvalue weighted by Gasteiger charge is 2.51. The molecule has 9 rings (SSSR count). The van der Waals surface area contributed by atoms with Crippen LogP contribution in [-0.4, -0.2) is 201 Å². The number of anilines is 3. The number of carboxylic acids is 2. The number of amides is 9. The van der Waals surface area contributed by atoms with Crippen molar-refractivity contribution in [3.63, 3.8) is 0 Å². The number of aliphatic hydroxyl groups is 1. The number of cyclic esters (lactones) is 1. The summed E-state index contributed by atoms with van der Waals surface area (Å²) in [7, 11) is 0. The van der Waals surface area contributed by atoms with E-state index >= 15 is 0 Å². The number of aliphatic hydroxyl groups excluding tert-OH is 1. The predicted molar refractivity (Wildman–Crippen MR) is 464 cm³/mol. The molecule has 15 atom stereocenters. The summed E-state index contributed by atoms with van der Waals surface area (Å²) in [5.41, 5.74) is 22.5. The quantitative estimate of drug-likeness (QED) is 0.00624. The van der Waals surface area contributed by atoms with Gasteiger partial charge in [-0.05, 0) is 188 Å². The number of nitrogens with one attached hydrogen (secondary N) is 9. The van der Waals surface area contributed by atoms with Crippen molar-refractivity contribution in [1.29, 1.82) is 0 Å². The summed E-state index contributed by atoms with van der Waals surface area (Å²) in [6, 6.07) is 4.66. The van der Waals surface area contributed by atoms with Gasteiger partial charge in [0.2, 0.25) is 35.5 Å². The van der Waals surface area contributed by atoms with Gasteiger partial charge in [-0.25, -0.2) is 43.4 Å². The van der Waals surface area contributed by atoms with Gasteiger partial charge in [0.15, 0.2) is 11.2 Å². The molecule has 9 amide bonds. The van der Waals surface area contributed by atoms with Crippen LogP contribution >= 0.6 is 0 Å². The van der Waals surface area contributed by atoms with Crippen molar-refractivity contribution >= 4 is 94.1 Å². The SMILES string of the molecule is C/C=C/[C@@H]1O[C@H]([C@@H](/C=C/C=C(\C)C[C@@H](C)/C=C(C)\C=C\[C@H]2CC=CC(=O)O2)NC(=O)OCc2ccc(NC(=O)[C@H](CCCNC(N)=O)NC(=O)[C@@H](NC(=O)OC[C@@H]3[C@@H]4CCc5nnn(CCC[C@H](NC(=O)CC[C@H](NC(=O)c6ccc(NCc7cnc8nc(N)nc(O)c8n7)cc6)C(=O)O)C(=O)N[C@H](CCCCN)C(=O)O)c5CC[C@@H]43)C(C)C)cc2)C[C@@H](O)[C@@H]1C. The van der Waals surface area contributed by atoms with Crippen LogP contribution in [0, 0.1) is 35.5 Å². The molecular formula is C88H119N19O19. The third-order valence-corrected chi connectivity index (χ3v) is 22.4. The van der Waals surface area contributed by atoms with Crippen LogP contribution in [0.3, 0.4) is 0 Å². The van der Waals surface area contributed by atoms with Gasteiger partial charge in [-0.15, -0.1) is 5.10 Å². The van der Waals surface area contributed by atoms with E-state index in [4.69, 9.17) is 36.1 Å². The number of benzene rings is 2. The lowest BCUT2D eigenvalue weighted by molar-refractivity contribution is -0.142. The molecule has 126 heavy (non-hydrogen) atoms. The first kappa shape index (κ1) is 97.1. The fraction of sp³-hybridized carbons (Fsp3) is 0.511. The largest absolute Gasteiger partial charge is 0.492 e. The lowest BCUT2D eigenvalue weighted by Gasteiger charge is -2.39. The first-order valence-electron chi connectivity index (χ1n) is 42.8. The minimum atomic E-state index is -1.54. The molecule has 38 heteroatoms. The molecule has 2 fully saturated rings. The second-order valence-electron chi connectivity index (χ2n) is 32.7. The van der Waals surface area contributed by atoms with Gasteiger partial charge in [0.05, 0.1) is 60.8 Å². The number of carbonyl (C=O) groups excluding carboxylic acids is 9. The molecule has 1 saturated heterocycles. The summed E-state index contributed by atoms with van der Waals surface area (Å²) in [6.45, 7) is 14.0. The molecule has 19 N–H and O–H groups in total. The molecule has 5 heterocycles. The third kappa shape index (κ3) is 30.3. The molecule has 0 spiro atoms. The first-order valence-corrected chi connectivity index (χ1v) is 42.8. The molecule has 3 aromatic heterocycles. The van der Waals surface area contributed by atoms with Crippen molar-refractivity contribution in [1.82, 2.24) is 72.1 Å². The summed E-state index contributed by atoms with van der Waals surface area (Å²) >= 11 is 0. The van der Waals surface area contributed by atoms with Crippen molar-refractivity contribution in [3.8, 4) is 5.88 Å². The van der Waals surface area contributed by atoms with Gasteiger partial charge >= 0.3 is 36.1 Å². The summed E-state index contributed by atoms with van der Waals surface area (Å²) in [4.78, 5) is 161. The first-order chi connectivity index (χ1) is 60.3. The average molecular weight is 1750 g/mol. The summed E-state index contributed by atoms with van der Waals surface area (Å²) < 4.78 is 25.1. The number of aryl methyl sites for hydroxylation is 2. The van der Waals surface area contributed by atoms with Gasteiger partial charge in [0.1, 0.15) is 42.9 Å². The second kappa shape index (κ2) is 48.0. The van der Waals surface area contributed by atoms with Crippen molar-refractivity contribution in [2.24, 2.45) is 47.0 Å². The number of aromatic nitrogens is 7. The van der Waals surface area contributed by atoms with E-state index in [0.717, 1.165) is 29.0 Å². The van der Waals surface area contributed by atoms with Gasteiger partial charge in [0.25, 0.3) is 5.91 Å². The van der Waals surface area contributed by atoms with E-state index in [1.807, 2.05) is 70.2 Å². The normalized spacial score (nSPS) is 20.4. The molecule has 0 unspecified atom stereocenters. The molecule has 0 bridgehead atoms. The highest BCUT2D eigenvalue weighted by atomic mass is 16.6. The molecule has 1 saturated carbocycles. The van der Waals surface area contributed by atoms with E-state index in [2.05, 4.69) is 91.1 Å². The maximum atomic E-state index is 14.2. The Morgan fingerprint density at radius 3 is 2.17 bits per heavy atom. The standard InChI is InChI=1S/C88H119N19O19/c1-8-15-71-53(7)70(108)44-72(126-71)64(19-11-16-50(4)42-52(6)43-51(5)23-32-59-17-12-22-74(110)125-59)101-87(121)123-47-54-24-28-57(29-25-54)96-79(112)66(20-13-40-92-86(91)120)98-81(114)75(49(2)3)102-88(122)124-48-62-60-33-35-63-69(37-34-61(60)62)107(106-105-63)41-14-21-65(80(113)100-67(83(116)117)18-9-10-39-89)97-73(109)38-36-68(84(118)119)99-78(111)55-26-30-56(31-27-55)93-45-58-46-94-77-76(95-58)82(115)104-85(90)103-77/h8,11-12,15-16,19,22-32,43,46,49,52-53,59-62,64-68,70-72,75,93,108H,9-10,13-14,17-18,20-21,33-42,44-45,47-48,89H2,1-7H3,(H,96,112)(H,97,109)(H,98,114)(H,99,111)(H,100,113)(H,101,121)(H,102,122)(H,116,117)(H,118,119)(H3,91,92,120)(H3,90,94,103,104,115)/b15-8+,19-11+,32-23+,50-16+,51-43-/t52-,53+,59-,60-,61+,62-,64-,65+,66+,67-,68+,70-,71+,72+,75+/m1/s1. The number of primary amides is 1. The zero-order valence-electron chi connectivity index (χ0n) is 72.0. The summed E-state index contributed by atoms with van der Waals surface area (Å²) in [5.74, 6) is -7.37. The van der Waals surface area contributed by atoms with Crippen LogP contribution in [0.5, 0.6) is 5.88 Å². The van der Waals surface area contributed by atoms with E-state index in [-0.39, 0.29) is 142 Å². The molecule has 4 aliphatic rings. The predicted octanol–water partition coefficient (Wildman–Crippen LogP) is 6.83. The molecule has 2 aliphatic carbocycles. The molecule has 0 radical (unpaired) electrons. The van der Waals surface area contributed by atoms with E-state index in [1.165, 1.54) is 24.4 Å². The Hall–Kier alpha value is -12.7. The van der Waals surface area contributed by atoms with Gasteiger partial charge in [-0.2, -0.15) is 9.97 Å². The number of allylic oxidation sites excluding steroid dienone is 7. The smallest absolute Gasteiger partial charge is 0.408 e. The Morgan fingerprint density at radius 1 is 0.770 bits per heavy atom. The van der Waals surface area contributed by atoms with Gasteiger partial charge < -0.3 is 104 Å². The number of aromatic hydroxyl groups is 1. The Morgan fingerprint density at radius 2 is 1.46 bits per heavy atom. The molecular weight excluding hydrogens is 1630 g/mol. The zero-order valence-corrected chi connectivity index (χ0v) is 72.0. The Balaban J connectivity index is 0.738. The third-order valence-electron chi connectivity index (χ3n) is 22.4. The number of aliphatic carboxylic acids is 2. The minimum Gasteiger partial charge on any atom is -0.492 e. The van der Waals surface area contributed by atoms with E-state index in [9.17, 15) is 73.2 Å². The zero-order chi connectivity index (χ0) is 91.1. The number of nitrogen functional groups attached to an aromatic ring is 1.